The normalized spacial score (nSPS) is 10.1. The second-order valence-electron chi connectivity index (χ2n) is 3.68. The fraction of sp³-hybridized carbons (Fsp3) is 0.231. The Morgan fingerprint density at radius 1 is 1.42 bits per heavy atom. The van der Waals surface area contributed by atoms with Gasteiger partial charge in [0.2, 0.25) is 5.89 Å². The number of nitrogens with two attached hydrogens (primary N) is 1. The van der Waals surface area contributed by atoms with Gasteiger partial charge in [0.05, 0.1) is 6.54 Å². The Morgan fingerprint density at radius 2 is 2.26 bits per heavy atom. The zero-order valence-electron chi connectivity index (χ0n) is 10.3. The van der Waals surface area contributed by atoms with Gasteiger partial charge >= 0.3 is 0 Å². The average Bonchev–Trinajstić information content (AvgIpc) is 2.81. The zero-order chi connectivity index (χ0) is 13.7. The number of halogens is 1. The van der Waals surface area contributed by atoms with E-state index in [4.69, 9.17) is 10.2 Å². The van der Waals surface area contributed by atoms with Gasteiger partial charge in [0.15, 0.2) is 0 Å². The number of hydrogen-bond acceptors (Lipinski definition) is 5. The number of nitrogens with zero attached hydrogens (tertiary/aromatic N) is 2. The van der Waals surface area contributed by atoms with E-state index in [1.807, 2.05) is 0 Å². The Balaban J connectivity index is 2.15. The Kier molecular flexibility index (Phi) is 4.55. The van der Waals surface area contributed by atoms with E-state index in [1.54, 1.807) is 13.0 Å². The third kappa shape index (κ3) is 3.81. The van der Waals surface area contributed by atoms with Crippen molar-refractivity contribution in [1.82, 2.24) is 10.2 Å². The van der Waals surface area contributed by atoms with Gasteiger partial charge in [0, 0.05) is 18.2 Å². The maximum absolute atomic E-state index is 13.2. The van der Waals surface area contributed by atoms with Crippen LogP contribution in [0.15, 0.2) is 27.8 Å². The summed E-state index contributed by atoms with van der Waals surface area (Å²) in [7, 11) is 0. The molecule has 6 heteroatoms. The minimum absolute atomic E-state index is 0.242. The summed E-state index contributed by atoms with van der Waals surface area (Å²) in [6.45, 7) is 1.97. The Labute approximate surface area is 114 Å². The van der Waals surface area contributed by atoms with Crippen LogP contribution in [0.2, 0.25) is 0 Å². The summed E-state index contributed by atoms with van der Waals surface area (Å²) in [5.74, 6) is 6.37. The van der Waals surface area contributed by atoms with Crippen molar-refractivity contribution in [1.29, 1.82) is 0 Å². The molecule has 4 nitrogen and oxygen atoms in total. The number of hydrogen-bond donors (Lipinski definition) is 1. The van der Waals surface area contributed by atoms with Crippen LogP contribution in [-0.2, 0) is 5.75 Å². The van der Waals surface area contributed by atoms with Crippen LogP contribution in [0.5, 0.6) is 0 Å². The van der Waals surface area contributed by atoms with Crippen LogP contribution in [-0.4, -0.2) is 16.7 Å². The molecule has 19 heavy (non-hydrogen) atoms. The number of benzene rings is 1. The number of aromatic nitrogens is 2. The largest absolute Gasteiger partial charge is 0.416 e. The summed E-state index contributed by atoms with van der Waals surface area (Å²) in [6, 6.07) is 4.51. The van der Waals surface area contributed by atoms with E-state index in [0.717, 1.165) is 5.56 Å². The average molecular weight is 277 g/mol. The van der Waals surface area contributed by atoms with E-state index in [0.29, 0.717) is 22.4 Å². The van der Waals surface area contributed by atoms with Crippen molar-refractivity contribution in [2.75, 3.05) is 6.54 Å². The quantitative estimate of drug-likeness (QED) is 0.687. The standard InChI is InChI=1S/C13H12FN3OS/c1-9-16-17-13(18-9)19-8-11-4-5-12(14)7-10(11)3-2-6-15/h4-5,7H,6,8,15H2,1H3. The molecule has 2 aromatic rings. The summed E-state index contributed by atoms with van der Waals surface area (Å²) in [5, 5.41) is 8.12. The predicted octanol–water partition coefficient (Wildman–Crippen LogP) is 2.12. The van der Waals surface area contributed by atoms with Crippen molar-refractivity contribution >= 4 is 11.8 Å². The summed E-state index contributed by atoms with van der Waals surface area (Å²) in [6.07, 6.45) is 0. The lowest BCUT2D eigenvalue weighted by molar-refractivity contribution is 0.429. The summed E-state index contributed by atoms with van der Waals surface area (Å²) in [5.41, 5.74) is 6.87. The number of thioether (sulfide) groups is 1. The first-order valence-electron chi connectivity index (χ1n) is 5.59. The van der Waals surface area contributed by atoms with E-state index < -0.39 is 0 Å². The lowest BCUT2D eigenvalue weighted by Gasteiger charge is -2.02. The fourth-order valence-electron chi connectivity index (χ4n) is 1.41. The Hall–Kier alpha value is -1.84. The molecule has 0 atom stereocenters. The van der Waals surface area contributed by atoms with Gasteiger partial charge in [-0.1, -0.05) is 29.7 Å². The van der Waals surface area contributed by atoms with Crippen molar-refractivity contribution in [2.45, 2.75) is 17.9 Å². The van der Waals surface area contributed by atoms with Crippen molar-refractivity contribution in [3.8, 4) is 11.8 Å². The molecule has 1 aromatic heterocycles. The minimum atomic E-state index is -0.316. The van der Waals surface area contributed by atoms with Gasteiger partial charge in [-0.25, -0.2) is 4.39 Å². The molecule has 0 unspecified atom stereocenters. The van der Waals surface area contributed by atoms with Gasteiger partial charge in [-0.2, -0.15) is 0 Å². The highest BCUT2D eigenvalue weighted by atomic mass is 32.2. The monoisotopic (exact) mass is 277 g/mol. The molecule has 2 N–H and O–H groups in total. The second kappa shape index (κ2) is 6.36. The first kappa shape index (κ1) is 13.6. The summed E-state index contributed by atoms with van der Waals surface area (Å²) in [4.78, 5) is 0. The third-order valence-electron chi connectivity index (χ3n) is 2.26. The lowest BCUT2D eigenvalue weighted by atomic mass is 10.1. The Morgan fingerprint density at radius 3 is 2.95 bits per heavy atom. The van der Waals surface area contributed by atoms with E-state index in [-0.39, 0.29) is 12.4 Å². The van der Waals surface area contributed by atoms with Crippen LogP contribution in [0.1, 0.15) is 17.0 Å². The molecule has 0 amide bonds. The molecule has 0 saturated carbocycles. The van der Waals surface area contributed by atoms with Gasteiger partial charge in [-0.3, -0.25) is 0 Å². The minimum Gasteiger partial charge on any atom is -0.416 e. The second-order valence-corrected chi connectivity index (χ2v) is 4.61. The Bertz CT molecular complexity index is 630. The van der Waals surface area contributed by atoms with Crippen molar-refractivity contribution < 1.29 is 8.81 Å². The third-order valence-corrected chi connectivity index (χ3v) is 3.12. The predicted molar refractivity (Wildman–Crippen MR) is 70.9 cm³/mol. The molecule has 0 spiro atoms. The van der Waals surface area contributed by atoms with Crippen LogP contribution in [0.3, 0.4) is 0 Å². The van der Waals surface area contributed by atoms with Crippen molar-refractivity contribution in [3.05, 3.63) is 41.0 Å². The molecule has 0 fully saturated rings. The maximum atomic E-state index is 13.2. The molecular formula is C13H12FN3OS. The summed E-state index contributed by atoms with van der Waals surface area (Å²) < 4.78 is 18.5. The molecule has 0 bridgehead atoms. The van der Waals surface area contributed by atoms with E-state index in [9.17, 15) is 4.39 Å². The first-order chi connectivity index (χ1) is 9.19. The van der Waals surface area contributed by atoms with Crippen LogP contribution in [0.25, 0.3) is 0 Å². The fourth-order valence-corrected chi connectivity index (χ4v) is 2.22. The first-order valence-corrected chi connectivity index (χ1v) is 6.58. The van der Waals surface area contributed by atoms with Gasteiger partial charge in [0.1, 0.15) is 5.82 Å². The molecule has 0 aliphatic carbocycles. The number of aryl methyl sites for hydroxylation is 1. The van der Waals surface area contributed by atoms with Crippen LogP contribution >= 0.6 is 11.8 Å². The summed E-state index contributed by atoms with van der Waals surface area (Å²) >= 11 is 1.39. The molecular weight excluding hydrogens is 265 g/mol. The zero-order valence-corrected chi connectivity index (χ0v) is 11.1. The van der Waals surface area contributed by atoms with E-state index in [1.165, 1.54) is 23.9 Å². The van der Waals surface area contributed by atoms with Gasteiger partial charge in [-0.05, 0) is 17.7 Å². The van der Waals surface area contributed by atoms with E-state index >= 15 is 0 Å². The SMILES string of the molecule is Cc1nnc(SCc2ccc(F)cc2C#CCN)o1. The van der Waals surface area contributed by atoms with E-state index in [2.05, 4.69) is 22.0 Å². The number of rotatable bonds is 3. The van der Waals surface area contributed by atoms with Crippen LogP contribution in [0.4, 0.5) is 4.39 Å². The maximum Gasteiger partial charge on any atom is 0.276 e. The van der Waals surface area contributed by atoms with Crippen molar-refractivity contribution in [2.24, 2.45) is 5.73 Å². The van der Waals surface area contributed by atoms with Crippen molar-refractivity contribution in [3.63, 3.8) is 0 Å². The topological polar surface area (TPSA) is 64.9 Å². The molecule has 0 radical (unpaired) electrons. The van der Waals surface area contributed by atoms with Crippen LogP contribution in [0, 0.1) is 24.6 Å². The van der Waals surface area contributed by atoms with Gasteiger partial charge < -0.3 is 10.2 Å². The molecule has 98 valence electrons. The highest BCUT2D eigenvalue weighted by Gasteiger charge is 2.07. The molecule has 0 saturated heterocycles. The molecule has 1 heterocycles. The van der Waals surface area contributed by atoms with Gasteiger partial charge in [0.25, 0.3) is 5.22 Å². The van der Waals surface area contributed by atoms with Crippen LogP contribution < -0.4 is 5.73 Å². The molecule has 0 aliphatic rings. The molecule has 2 rings (SSSR count). The highest BCUT2D eigenvalue weighted by molar-refractivity contribution is 7.98. The van der Waals surface area contributed by atoms with Gasteiger partial charge in [-0.15, -0.1) is 10.2 Å². The molecule has 0 aliphatic heterocycles. The lowest BCUT2D eigenvalue weighted by Crippen LogP contribution is -1.95. The smallest absolute Gasteiger partial charge is 0.276 e. The highest BCUT2D eigenvalue weighted by Crippen LogP contribution is 2.23. The molecule has 1 aromatic carbocycles.